The molecule has 6 nitrogen and oxygen atoms in total. The van der Waals surface area contributed by atoms with E-state index >= 15 is 0 Å². The van der Waals surface area contributed by atoms with Gasteiger partial charge in [-0.2, -0.15) is 0 Å². The van der Waals surface area contributed by atoms with Crippen molar-refractivity contribution in [3.8, 4) is 10.6 Å². The molecule has 0 spiro atoms. The van der Waals surface area contributed by atoms with Gasteiger partial charge in [-0.25, -0.2) is 0 Å². The Labute approximate surface area is 149 Å². The van der Waals surface area contributed by atoms with Crippen molar-refractivity contribution in [3.05, 3.63) is 68.4 Å². The first kappa shape index (κ1) is 14.8. The quantitative estimate of drug-likeness (QED) is 0.675. The van der Waals surface area contributed by atoms with Gasteiger partial charge < -0.3 is 9.13 Å². The van der Waals surface area contributed by atoms with Gasteiger partial charge in [0.05, 0.1) is 7.92 Å². The highest BCUT2D eigenvalue weighted by atomic mass is 32.1. The summed E-state index contributed by atoms with van der Waals surface area (Å²) in [6, 6.07) is 8.71. The van der Waals surface area contributed by atoms with Gasteiger partial charge in [0, 0.05) is 24.0 Å². The zero-order chi connectivity index (χ0) is 18.1. The molecular weight excluding hydrogens is 336 g/mol. The average molecular weight is 355 g/mol. The fraction of sp³-hybridized carbons (Fsp3) is 0.333. The zero-order valence-corrected chi connectivity index (χ0v) is 14.4. The number of hydrogen-bond donors (Lipinski definition) is 0. The van der Waals surface area contributed by atoms with Crippen molar-refractivity contribution in [1.82, 2.24) is 19.3 Å². The molecule has 0 saturated heterocycles. The molecule has 1 saturated carbocycles. The number of nitrogens with zero attached hydrogens (tertiary/aromatic N) is 4. The molecule has 1 aliphatic carbocycles. The van der Waals surface area contributed by atoms with E-state index in [1.165, 1.54) is 20.5 Å². The number of hydrogen-bond acceptors (Lipinski definition) is 5. The normalized spacial score (nSPS) is 16.7. The van der Waals surface area contributed by atoms with E-state index in [-0.39, 0.29) is 6.54 Å². The summed E-state index contributed by atoms with van der Waals surface area (Å²) < 4.78 is 11.1. The second kappa shape index (κ2) is 6.76. The molecule has 0 amide bonds. The molecule has 2 aromatic heterocycles. The van der Waals surface area contributed by atoms with E-state index in [2.05, 4.69) is 10.2 Å². The summed E-state index contributed by atoms with van der Waals surface area (Å²) in [5, 5.41) is 9.73. The Bertz CT molecular complexity index is 1040. The van der Waals surface area contributed by atoms with Gasteiger partial charge in [-0.05, 0) is 12.8 Å². The SMILES string of the molecule is [2H]C1(n2ccn(Cc3nnc(-c4ccccc4)s3)c(=O)c2=O)CCCC1. The van der Waals surface area contributed by atoms with Gasteiger partial charge in [0.15, 0.2) is 0 Å². The van der Waals surface area contributed by atoms with E-state index in [9.17, 15) is 9.59 Å². The van der Waals surface area contributed by atoms with E-state index in [4.69, 9.17) is 1.37 Å². The minimum absolute atomic E-state index is 0.199. The van der Waals surface area contributed by atoms with Crippen LogP contribution in [0.5, 0.6) is 0 Å². The predicted octanol–water partition coefficient (Wildman–Crippen LogP) is 2.69. The maximum absolute atomic E-state index is 12.5. The molecule has 128 valence electrons. The lowest BCUT2D eigenvalue weighted by Gasteiger charge is -2.13. The minimum Gasteiger partial charge on any atom is -0.306 e. The minimum atomic E-state index is -0.988. The van der Waals surface area contributed by atoms with Crippen LogP contribution < -0.4 is 11.1 Å². The van der Waals surface area contributed by atoms with Crippen molar-refractivity contribution in [2.75, 3.05) is 0 Å². The monoisotopic (exact) mass is 355 g/mol. The third kappa shape index (κ3) is 3.19. The Hall–Kier alpha value is -2.54. The molecule has 1 fully saturated rings. The Morgan fingerprint density at radius 3 is 2.60 bits per heavy atom. The molecule has 0 N–H and O–H groups in total. The molecule has 4 rings (SSSR count). The zero-order valence-electron chi connectivity index (χ0n) is 14.6. The molecule has 0 unspecified atom stereocenters. The van der Waals surface area contributed by atoms with E-state index in [1.807, 2.05) is 30.3 Å². The fourth-order valence-corrected chi connectivity index (χ4v) is 3.91. The lowest BCUT2D eigenvalue weighted by atomic mass is 10.2. The van der Waals surface area contributed by atoms with Crippen molar-refractivity contribution < 1.29 is 1.37 Å². The molecule has 7 heteroatoms. The fourth-order valence-electron chi connectivity index (χ4n) is 3.07. The van der Waals surface area contributed by atoms with Gasteiger partial charge in [-0.3, -0.25) is 9.59 Å². The van der Waals surface area contributed by atoms with E-state index in [0.717, 1.165) is 23.4 Å². The van der Waals surface area contributed by atoms with Crippen molar-refractivity contribution in [2.45, 2.75) is 38.2 Å². The van der Waals surface area contributed by atoms with Crippen LogP contribution in [0.2, 0.25) is 0 Å². The second-order valence-corrected chi connectivity index (χ2v) is 7.11. The molecule has 3 aromatic rings. The molecular formula is C18H18N4O2S. The molecule has 0 radical (unpaired) electrons. The van der Waals surface area contributed by atoms with Gasteiger partial charge in [-0.1, -0.05) is 54.5 Å². The van der Waals surface area contributed by atoms with Gasteiger partial charge in [0.1, 0.15) is 10.0 Å². The topological polar surface area (TPSA) is 69.8 Å². The predicted molar refractivity (Wildman–Crippen MR) is 96.9 cm³/mol. The summed E-state index contributed by atoms with van der Waals surface area (Å²) in [7, 11) is 0. The van der Waals surface area contributed by atoms with Crippen LogP contribution >= 0.6 is 11.3 Å². The maximum Gasteiger partial charge on any atom is 0.316 e. The van der Waals surface area contributed by atoms with E-state index in [0.29, 0.717) is 17.8 Å². The lowest BCUT2D eigenvalue weighted by molar-refractivity contribution is 0.488. The highest BCUT2D eigenvalue weighted by Crippen LogP contribution is 2.27. The number of benzene rings is 1. The third-order valence-electron chi connectivity index (χ3n) is 4.37. The summed E-state index contributed by atoms with van der Waals surface area (Å²) >= 11 is 1.40. The molecule has 0 atom stereocenters. The van der Waals surface area contributed by atoms with Crippen LogP contribution in [0, 0.1) is 0 Å². The largest absolute Gasteiger partial charge is 0.316 e. The van der Waals surface area contributed by atoms with Gasteiger partial charge >= 0.3 is 11.1 Å². The molecule has 0 bridgehead atoms. The highest BCUT2D eigenvalue weighted by molar-refractivity contribution is 7.14. The standard InChI is InChI=1S/C18H18N4O2S/c23-17-18(24)22(14-8-4-5-9-14)11-10-21(17)12-15-19-20-16(25-15)13-6-2-1-3-7-13/h1-3,6-7,10-11,14H,4-5,8-9,12H2/i14D. The van der Waals surface area contributed by atoms with Crippen LogP contribution in [0.25, 0.3) is 10.6 Å². The highest BCUT2D eigenvalue weighted by Gasteiger charge is 2.19. The van der Waals surface area contributed by atoms with Gasteiger partial charge in [0.25, 0.3) is 0 Å². The first-order valence-corrected chi connectivity index (χ1v) is 9.09. The first-order valence-electron chi connectivity index (χ1n) is 8.77. The molecule has 0 aliphatic heterocycles. The van der Waals surface area contributed by atoms with Crippen molar-refractivity contribution >= 4 is 11.3 Å². The Morgan fingerprint density at radius 1 is 1.08 bits per heavy atom. The smallest absolute Gasteiger partial charge is 0.306 e. The average Bonchev–Trinajstić information content (AvgIpc) is 3.30. The van der Waals surface area contributed by atoms with Crippen molar-refractivity contribution in [1.29, 1.82) is 0 Å². The lowest BCUT2D eigenvalue weighted by Crippen LogP contribution is -2.41. The van der Waals surface area contributed by atoms with Crippen LogP contribution in [0.1, 0.15) is 38.1 Å². The van der Waals surface area contributed by atoms with Crippen molar-refractivity contribution in [3.63, 3.8) is 0 Å². The molecule has 1 aromatic carbocycles. The van der Waals surface area contributed by atoms with E-state index < -0.39 is 17.1 Å². The molecule has 2 heterocycles. The number of rotatable bonds is 4. The van der Waals surface area contributed by atoms with Crippen LogP contribution in [0.15, 0.2) is 52.3 Å². The summed E-state index contributed by atoms with van der Waals surface area (Å²) in [6.07, 6.45) is 6.15. The summed E-state index contributed by atoms with van der Waals surface area (Å²) in [5.41, 5.74) is -0.295. The maximum atomic E-state index is 12.5. The number of aromatic nitrogens is 4. The van der Waals surface area contributed by atoms with Crippen LogP contribution in [0.3, 0.4) is 0 Å². The van der Waals surface area contributed by atoms with Crippen LogP contribution in [0.4, 0.5) is 0 Å². The molecule has 25 heavy (non-hydrogen) atoms. The van der Waals surface area contributed by atoms with Crippen LogP contribution in [-0.2, 0) is 6.54 Å². The first-order chi connectivity index (χ1) is 12.6. The summed E-state index contributed by atoms with van der Waals surface area (Å²) in [4.78, 5) is 24.9. The molecule has 1 aliphatic rings. The van der Waals surface area contributed by atoms with Crippen LogP contribution in [-0.4, -0.2) is 19.3 Å². The van der Waals surface area contributed by atoms with E-state index in [1.54, 1.807) is 12.4 Å². The van der Waals surface area contributed by atoms with Crippen molar-refractivity contribution in [2.24, 2.45) is 0 Å². The Kier molecular flexibility index (Phi) is 3.99. The Balaban J connectivity index is 1.62. The second-order valence-electron chi connectivity index (χ2n) is 6.05. The third-order valence-corrected chi connectivity index (χ3v) is 5.33. The Morgan fingerprint density at radius 2 is 1.84 bits per heavy atom. The summed E-state index contributed by atoms with van der Waals surface area (Å²) in [5.74, 6) is 0. The van der Waals surface area contributed by atoms with Gasteiger partial charge in [-0.15, -0.1) is 10.2 Å². The van der Waals surface area contributed by atoms with Gasteiger partial charge in [0.2, 0.25) is 0 Å². The summed E-state index contributed by atoms with van der Waals surface area (Å²) in [6.45, 7) is 0.199.